The zero-order valence-electron chi connectivity index (χ0n) is 14.9. The third-order valence-electron chi connectivity index (χ3n) is 4.42. The first kappa shape index (κ1) is 18.4. The molecule has 1 aromatic carbocycles. The minimum atomic E-state index is -1.11. The molecule has 3 amide bonds. The van der Waals surface area contributed by atoms with Gasteiger partial charge in [-0.05, 0) is 43.5 Å². The van der Waals surface area contributed by atoms with Crippen molar-refractivity contribution in [1.29, 1.82) is 0 Å². The van der Waals surface area contributed by atoms with Crippen LogP contribution in [0.1, 0.15) is 18.4 Å². The Morgan fingerprint density at radius 2 is 2.00 bits per heavy atom. The number of amides is 3. The van der Waals surface area contributed by atoms with E-state index in [0.717, 1.165) is 11.1 Å². The number of carboxylic acids is 1. The zero-order chi connectivity index (χ0) is 19.4. The van der Waals surface area contributed by atoms with E-state index in [2.05, 4.69) is 10.6 Å². The van der Waals surface area contributed by atoms with Crippen molar-refractivity contribution in [3.05, 3.63) is 65.4 Å². The number of benzene rings is 1. The Bertz CT molecular complexity index is 852. The Morgan fingerprint density at radius 3 is 2.70 bits per heavy atom. The molecule has 0 saturated carbocycles. The fraction of sp³-hybridized carbons (Fsp3) is 0.250. The second-order valence-corrected chi connectivity index (χ2v) is 6.48. The van der Waals surface area contributed by atoms with Gasteiger partial charge >= 0.3 is 12.0 Å². The molecule has 1 aromatic rings. The highest BCUT2D eigenvalue weighted by Gasteiger charge is 2.33. The molecule has 3 N–H and O–H groups in total. The maximum absolute atomic E-state index is 12.9. The van der Waals surface area contributed by atoms with Gasteiger partial charge in [-0.1, -0.05) is 35.9 Å². The predicted molar refractivity (Wildman–Crippen MR) is 101 cm³/mol. The second-order valence-electron chi connectivity index (χ2n) is 6.48. The van der Waals surface area contributed by atoms with E-state index in [1.54, 1.807) is 24.3 Å². The molecule has 0 saturated heterocycles. The molecular formula is C20H21N3O4. The molecule has 7 nitrogen and oxygen atoms in total. The van der Waals surface area contributed by atoms with Crippen LogP contribution in [0, 0.1) is 6.92 Å². The highest BCUT2D eigenvalue weighted by Crippen LogP contribution is 2.28. The van der Waals surface area contributed by atoms with Gasteiger partial charge < -0.3 is 15.7 Å². The molecule has 3 rings (SSSR count). The van der Waals surface area contributed by atoms with Crippen LogP contribution in [-0.2, 0) is 9.59 Å². The summed E-state index contributed by atoms with van der Waals surface area (Å²) in [5, 5.41) is 14.5. The first-order valence-corrected chi connectivity index (χ1v) is 8.67. The summed E-state index contributed by atoms with van der Waals surface area (Å²) < 4.78 is 0. The number of fused-ring (bicyclic) bond motifs is 1. The van der Waals surface area contributed by atoms with Gasteiger partial charge in [-0.2, -0.15) is 0 Å². The first-order chi connectivity index (χ1) is 12.9. The lowest BCUT2D eigenvalue weighted by Gasteiger charge is -2.27. The lowest BCUT2D eigenvalue weighted by atomic mass is 10.0. The SMILES string of the molecule is Cc1ccc(NC(=O)NC2CC=C3CC=CC=C3N(CC(=O)O)C2=O)cc1. The van der Waals surface area contributed by atoms with Crippen molar-refractivity contribution >= 4 is 23.6 Å². The lowest BCUT2D eigenvalue weighted by molar-refractivity contribution is -0.143. The van der Waals surface area contributed by atoms with Gasteiger partial charge in [-0.15, -0.1) is 0 Å². The summed E-state index contributed by atoms with van der Waals surface area (Å²) in [5.41, 5.74) is 3.14. The van der Waals surface area contributed by atoms with E-state index in [4.69, 9.17) is 0 Å². The molecule has 140 valence electrons. The van der Waals surface area contributed by atoms with Crippen LogP contribution >= 0.6 is 0 Å². The molecule has 1 aliphatic heterocycles. The number of rotatable bonds is 4. The summed E-state index contributed by atoms with van der Waals surface area (Å²) in [7, 11) is 0. The van der Waals surface area contributed by atoms with Crippen LogP contribution in [0.4, 0.5) is 10.5 Å². The third kappa shape index (κ3) is 4.44. The largest absolute Gasteiger partial charge is 0.480 e. The van der Waals surface area contributed by atoms with E-state index >= 15 is 0 Å². The maximum atomic E-state index is 12.9. The molecule has 1 unspecified atom stereocenters. The van der Waals surface area contributed by atoms with E-state index < -0.39 is 30.5 Å². The lowest BCUT2D eigenvalue weighted by Crippen LogP contribution is -2.49. The summed E-state index contributed by atoms with van der Waals surface area (Å²) in [5.74, 6) is -1.55. The van der Waals surface area contributed by atoms with Crippen LogP contribution in [0.2, 0.25) is 0 Å². The number of carboxylic acid groups (broad SMARTS) is 1. The van der Waals surface area contributed by atoms with Crippen molar-refractivity contribution in [2.24, 2.45) is 0 Å². The molecule has 0 spiro atoms. The average molecular weight is 367 g/mol. The van der Waals surface area contributed by atoms with E-state index in [1.165, 1.54) is 4.90 Å². The quantitative estimate of drug-likeness (QED) is 0.762. The number of nitrogens with one attached hydrogen (secondary N) is 2. The molecule has 2 aliphatic rings. The van der Waals surface area contributed by atoms with E-state index in [0.29, 0.717) is 24.2 Å². The number of urea groups is 1. The Hall–Kier alpha value is -3.35. The van der Waals surface area contributed by atoms with Crippen molar-refractivity contribution in [3.63, 3.8) is 0 Å². The number of hydrogen-bond donors (Lipinski definition) is 3. The Kier molecular flexibility index (Phi) is 5.40. The van der Waals surface area contributed by atoms with Crippen molar-refractivity contribution in [2.45, 2.75) is 25.8 Å². The van der Waals surface area contributed by atoms with Gasteiger partial charge in [0, 0.05) is 11.4 Å². The van der Waals surface area contributed by atoms with E-state index in [9.17, 15) is 19.5 Å². The van der Waals surface area contributed by atoms with Crippen LogP contribution in [0.5, 0.6) is 0 Å². The Morgan fingerprint density at radius 1 is 1.26 bits per heavy atom. The molecule has 0 fully saturated rings. The van der Waals surface area contributed by atoms with Crippen molar-refractivity contribution in [1.82, 2.24) is 10.2 Å². The molecule has 1 heterocycles. The number of anilines is 1. The predicted octanol–water partition coefficient (Wildman–Crippen LogP) is 2.57. The van der Waals surface area contributed by atoms with Gasteiger partial charge in [0.2, 0.25) is 5.91 Å². The molecule has 7 heteroatoms. The van der Waals surface area contributed by atoms with Gasteiger partial charge in [-0.25, -0.2) is 4.79 Å². The zero-order valence-corrected chi connectivity index (χ0v) is 14.9. The van der Waals surface area contributed by atoms with Crippen LogP contribution in [0.3, 0.4) is 0 Å². The normalized spacial score (nSPS) is 18.8. The topological polar surface area (TPSA) is 98.7 Å². The van der Waals surface area contributed by atoms with Gasteiger partial charge in [0.15, 0.2) is 0 Å². The second kappa shape index (κ2) is 7.90. The number of aryl methyl sites for hydroxylation is 1. The third-order valence-corrected chi connectivity index (χ3v) is 4.42. The summed E-state index contributed by atoms with van der Waals surface area (Å²) >= 11 is 0. The van der Waals surface area contributed by atoms with Gasteiger partial charge in [0.1, 0.15) is 12.6 Å². The van der Waals surface area contributed by atoms with Gasteiger partial charge in [-0.3, -0.25) is 14.5 Å². The summed E-state index contributed by atoms with van der Waals surface area (Å²) in [6.07, 6.45) is 8.27. The van der Waals surface area contributed by atoms with Crippen LogP contribution in [0.25, 0.3) is 0 Å². The minimum Gasteiger partial charge on any atom is -0.480 e. The number of hydrogen-bond acceptors (Lipinski definition) is 3. The molecule has 27 heavy (non-hydrogen) atoms. The number of nitrogens with zero attached hydrogens (tertiary/aromatic N) is 1. The van der Waals surface area contributed by atoms with Gasteiger partial charge in [0.25, 0.3) is 0 Å². The summed E-state index contributed by atoms with van der Waals surface area (Å²) in [4.78, 5) is 37.7. The molecule has 1 atom stereocenters. The highest BCUT2D eigenvalue weighted by atomic mass is 16.4. The standard InChI is InChI=1S/C20H21N3O4/c1-13-6-9-15(10-7-13)21-20(27)22-16-11-8-14-4-2-3-5-17(14)23(19(16)26)12-18(24)25/h2-3,5-10,16H,4,11-12H2,1H3,(H,24,25)(H2,21,22,27). The number of allylic oxidation sites excluding steroid dienone is 4. The monoisotopic (exact) mass is 367 g/mol. The Labute approximate surface area is 157 Å². The summed E-state index contributed by atoms with van der Waals surface area (Å²) in [6.45, 7) is 1.50. The van der Waals surface area contributed by atoms with Crippen molar-refractivity contribution in [2.75, 3.05) is 11.9 Å². The average Bonchev–Trinajstić information content (AvgIpc) is 2.76. The molecule has 1 aliphatic carbocycles. The van der Waals surface area contributed by atoms with Crippen LogP contribution in [0.15, 0.2) is 59.8 Å². The fourth-order valence-electron chi connectivity index (χ4n) is 3.07. The summed E-state index contributed by atoms with van der Waals surface area (Å²) in [6, 6.07) is 5.93. The number of carbonyl (C=O) groups excluding carboxylic acids is 2. The smallest absolute Gasteiger partial charge is 0.323 e. The van der Waals surface area contributed by atoms with Crippen LogP contribution < -0.4 is 10.6 Å². The molecule has 0 bridgehead atoms. The highest BCUT2D eigenvalue weighted by molar-refractivity contribution is 5.95. The number of carbonyl (C=O) groups is 3. The Balaban J connectivity index is 1.76. The van der Waals surface area contributed by atoms with Crippen LogP contribution in [-0.4, -0.2) is 40.5 Å². The maximum Gasteiger partial charge on any atom is 0.323 e. The molecule has 0 aromatic heterocycles. The van der Waals surface area contributed by atoms with Crippen molar-refractivity contribution in [3.8, 4) is 0 Å². The van der Waals surface area contributed by atoms with Gasteiger partial charge in [0.05, 0.1) is 0 Å². The fourth-order valence-corrected chi connectivity index (χ4v) is 3.07. The number of aliphatic carboxylic acids is 1. The molecular weight excluding hydrogens is 346 g/mol. The molecule has 0 radical (unpaired) electrons. The minimum absolute atomic E-state index is 0.302. The first-order valence-electron chi connectivity index (χ1n) is 8.67. The van der Waals surface area contributed by atoms with E-state index in [1.807, 2.05) is 31.2 Å². The van der Waals surface area contributed by atoms with Crippen molar-refractivity contribution < 1.29 is 19.5 Å². The van der Waals surface area contributed by atoms with E-state index in [-0.39, 0.29) is 0 Å².